The van der Waals surface area contributed by atoms with Crippen LogP contribution in [0.15, 0.2) is 0 Å². The van der Waals surface area contributed by atoms with Crippen LogP contribution in [0.3, 0.4) is 0 Å². The minimum absolute atomic E-state index is 0.988. The van der Waals surface area contributed by atoms with Crippen LogP contribution in [0.1, 0.15) is 12.8 Å². The number of unbranched alkanes of at least 4 members (excludes halogenated alkanes) is 1. The van der Waals surface area contributed by atoms with Gasteiger partial charge in [0.15, 0.2) is 0 Å². The van der Waals surface area contributed by atoms with Crippen LogP contribution in [-0.4, -0.2) is 23.7 Å². The normalized spacial score (nSPS) is 10.5. The molecule has 0 saturated carbocycles. The van der Waals surface area contributed by atoms with E-state index in [4.69, 9.17) is 0 Å². The van der Waals surface area contributed by atoms with Crippen molar-refractivity contribution in [1.82, 2.24) is 4.31 Å². The Kier molecular flexibility index (Phi) is 6.27. The summed E-state index contributed by atoms with van der Waals surface area (Å²) >= 11 is 8.16. The van der Waals surface area contributed by atoms with Gasteiger partial charge in [0.1, 0.15) is 0 Å². The standard InChI is InChI=1S/C5H13NS2/c1-6(8)4-2-3-5-7/h7-8H,2-5H2,1H3. The molecule has 0 fully saturated rings. The minimum Gasteiger partial charge on any atom is -0.256 e. The fraction of sp³-hybridized carbons (Fsp3) is 1.00. The fourth-order valence-electron chi connectivity index (χ4n) is 0.452. The largest absolute Gasteiger partial charge is 0.256 e. The summed E-state index contributed by atoms with van der Waals surface area (Å²) in [5.41, 5.74) is 0. The second-order valence-corrected chi connectivity index (χ2v) is 2.94. The first-order valence-corrected chi connectivity index (χ1v) is 3.81. The third-order valence-electron chi connectivity index (χ3n) is 0.890. The summed E-state index contributed by atoms with van der Waals surface area (Å²) < 4.78 is 1.89. The number of hydrogen-bond donors (Lipinski definition) is 2. The zero-order valence-corrected chi connectivity index (χ0v) is 6.96. The van der Waals surface area contributed by atoms with Crippen molar-refractivity contribution in [1.29, 1.82) is 0 Å². The molecule has 0 saturated heterocycles. The van der Waals surface area contributed by atoms with Crippen LogP contribution in [-0.2, 0) is 0 Å². The second kappa shape index (κ2) is 5.79. The maximum Gasteiger partial charge on any atom is 0.00841 e. The van der Waals surface area contributed by atoms with E-state index in [-0.39, 0.29) is 0 Å². The summed E-state index contributed by atoms with van der Waals surface area (Å²) in [5, 5.41) is 0. The topological polar surface area (TPSA) is 3.24 Å². The molecule has 3 heteroatoms. The zero-order chi connectivity index (χ0) is 6.41. The number of hydrogen-bond acceptors (Lipinski definition) is 3. The Hall–Kier alpha value is 0.660. The van der Waals surface area contributed by atoms with Crippen molar-refractivity contribution in [3.8, 4) is 0 Å². The fourth-order valence-corrected chi connectivity index (χ4v) is 0.817. The summed E-state index contributed by atoms with van der Waals surface area (Å²) in [4.78, 5) is 0. The molecule has 0 aliphatic carbocycles. The smallest absolute Gasteiger partial charge is 0.00841 e. The molecule has 0 aromatic heterocycles. The maximum absolute atomic E-state index is 4.08. The van der Waals surface area contributed by atoms with Crippen LogP contribution in [0, 0.1) is 0 Å². The average Bonchev–Trinajstić information content (AvgIpc) is 1.66. The van der Waals surface area contributed by atoms with Gasteiger partial charge in [-0.2, -0.15) is 12.6 Å². The lowest BCUT2D eigenvalue weighted by molar-refractivity contribution is 0.545. The highest BCUT2D eigenvalue weighted by molar-refractivity contribution is 7.80. The Labute approximate surface area is 62.4 Å². The SMILES string of the molecule is CN(S)CCCCS. The van der Waals surface area contributed by atoms with Gasteiger partial charge in [0, 0.05) is 6.54 Å². The molecule has 0 atom stereocenters. The molecule has 0 aromatic carbocycles. The van der Waals surface area contributed by atoms with E-state index in [0.29, 0.717) is 0 Å². The lowest BCUT2D eigenvalue weighted by Crippen LogP contribution is -2.06. The van der Waals surface area contributed by atoms with Crippen LogP contribution in [0.25, 0.3) is 0 Å². The molecule has 0 aromatic rings. The first-order chi connectivity index (χ1) is 3.77. The van der Waals surface area contributed by atoms with E-state index in [0.717, 1.165) is 12.3 Å². The zero-order valence-electron chi connectivity index (χ0n) is 5.17. The van der Waals surface area contributed by atoms with Crippen molar-refractivity contribution in [3.63, 3.8) is 0 Å². The molecule has 0 radical (unpaired) electrons. The maximum atomic E-state index is 4.08. The van der Waals surface area contributed by atoms with Crippen molar-refractivity contribution >= 4 is 25.4 Å². The summed E-state index contributed by atoms with van der Waals surface area (Å²) in [5.74, 6) is 0.988. The average molecular weight is 151 g/mol. The second-order valence-electron chi connectivity index (χ2n) is 1.81. The Morgan fingerprint density at radius 3 is 2.38 bits per heavy atom. The van der Waals surface area contributed by atoms with Crippen LogP contribution in [0.4, 0.5) is 0 Å². The van der Waals surface area contributed by atoms with Gasteiger partial charge in [0.25, 0.3) is 0 Å². The van der Waals surface area contributed by atoms with Gasteiger partial charge >= 0.3 is 0 Å². The molecule has 0 amide bonds. The summed E-state index contributed by atoms with van der Waals surface area (Å²) in [6.07, 6.45) is 2.39. The van der Waals surface area contributed by atoms with Crippen LogP contribution in [0.5, 0.6) is 0 Å². The minimum atomic E-state index is 0.988. The van der Waals surface area contributed by atoms with E-state index < -0.39 is 0 Å². The molecule has 0 unspecified atom stereocenters. The van der Waals surface area contributed by atoms with Gasteiger partial charge in [-0.1, -0.05) is 12.8 Å². The Morgan fingerprint density at radius 2 is 2.00 bits per heavy atom. The van der Waals surface area contributed by atoms with Crippen LogP contribution < -0.4 is 0 Å². The summed E-state index contributed by atoms with van der Waals surface area (Å²) in [6.45, 7) is 1.06. The van der Waals surface area contributed by atoms with Crippen LogP contribution >= 0.6 is 25.4 Å². The molecular formula is C5H13NS2. The van der Waals surface area contributed by atoms with E-state index in [9.17, 15) is 0 Å². The first-order valence-electron chi connectivity index (χ1n) is 2.78. The molecule has 0 spiro atoms. The van der Waals surface area contributed by atoms with Gasteiger partial charge in [-0.15, -0.1) is 0 Å². The number of rotatable bonds is 4. The molecule has 0 heterocycles. The van der Waals surface area contributed by atoms with E-state index in [1.165, 1.54) is 12.8 Å². The van der Waals surface area contributed by atoms with Crippen molar-refractivity contribution in [3.05, 3.63) is 0 Å². The third-order valence-corrected chi connectivity index (χ3v) is 1.41. The van der Waals surface area contributed by atoms with Gasteiger partial charge in [-0.3, -0.25) is 4.31 Å². The van der Waals surface area contributed by atoms with Gasteiger partial charge in [0.05, 0.1) is 0 Å². The molecule has 0 bridgehead atoms. The van der Waals surface area contributed by atoms with Crippen molar-refractivity contribution < 1.29 is 0 Å². The van der Waals surface area contributed by atoms with Gasteiger partial charge in [-0.05, 0) is 25.6 Å². The van der Waals surface area contributed by atoms with Crippen LogP contribution in [0.2, 0.25) is 0 Å². The van der Waals surface area contributed by atoms with E-state index >= 15 is 0 Å². The van der Waals surface area contributed by atoms with Crippen molar-refractivity contribution in [2.24, 2.45) is 0 Å². The highest BCUT2D eigenvalue weighted by atomic mass is 32.1. The van der Waals surface area contributed by atoms with E-state index in [2.05, 4.69) is 25.4 Å². The van der Waals surface area contributed by atoms with Crippen molar-refractivity contribution in [2.45, 2.75) is 12.8 Å². The van der Waals surface area contributed by atoms with E-state index in [1.54, 1.807) is 0 Å². The van der Waals surface area contributed by atoms with Gasteiger partial charge < -0.3 is 0 Å². The predicted molar refractivity (Wildman–Crippen MR) is 44.7 cm³/mol. The Bertz CT molecular complexity index is 47.7. The predicted octanol–water partition coefficient (Wildman–Crippen LogP) is 1.47. The molecule has 1 nitrogen and oxygen atoms in total. The number of nitrogens with zero attached hydrogens (tertiary/aromatic N) is 1. The molecule has 50 valence electrons. The summed E-state index contributed by atoms with van der Waals surface area (Å²) in [6, 6.07) is 0. The molecule has 8 heavy (non-hydrogen) atoms. The molecule has 0 aliphatic rings. The highest BCUT2D eigenvalue weighted by Gasteiger charge is 1.87. The van der Waals surface area contributed by atoms with Gasteiger partial charge in [0.2, 0.25) is 0 Å². The molecule has 0 N–H and O–H groups in total. The summed E-state index contributed by atoms with van der Waals surface area (Å²) in [7, 11) is 1.96. The van der Waals surface area contributed by atoms with Gasteiger partial charge in [-0.25, -0.2) is 0 Å². The number of thiol groups is 2. The Morgan fingerprint density at radius 1 is 1.38 bits per heavy atom. The third kappa shape index (κ3) is 6.66. The molecule has 0 aliphatic heterocycles. The highest BCUT2D eigenvalue weighted by Crippen LogP contribution is 1.95. The quantitative estimate of drug-likeness (QED) is 0.454. The first kappa shape index (κ1) is 8.66. The monoisotopic (exact) mass is 151 g/mol. The molecular weight excluding hydrogens is 138 g/mol. The lowest BCUT2D eigenvalue weighted by Gasteiger charge is -2.05. The Balaban J connectivity index is 2.72. The van der Waals surface area contributed by atoms with E-state index in [1.807, 2.05) is 11.4 Å². The lowest BCUT2D eigenvalue weighted by atomic mass is 10.3. The molecule has 0 rings (SSSR count). The van der Waals surface area contributed by atoms with Crippen molar-refractivity contribution in [2.75, 3.05) is 19.3 Å².